The van der Waals surface area contributed by atoms with Crippen LogP contribution in [-0.2, 0) is 31.3 Å². The Hall–Kier alpha value is -5.01. The highest BCUT2D eigenvalue weighted by Crippen LogP contribution is 2.60. The summed E-state index contributed by atoms with van der Waals surface area (Å²) in [5.41, 5.74) is 2.51. The molecule has 4 aromatic carbocycles. The van der Waals surface area contributed by atoms with Crippen molar-refractivity contribution in [3.05, 3.63) is 114 Å². The molecule has 4 aromatic rings. The van der Waals surface area contributed by atoms with Crippen LogP contribution in [0.4, 0.5) is 17.1 Å². The second kappa shape index (κ2) is 15.8. The van der Waals surface area contributed by atoms with Crippen LogP contribution in [0.5, 0.6) is 5.75 Å². The molecule has 11 nitrogen and oxygen atoms in total. The zero-order valence-electron chi connectivity index (χ0n) is 35.2. The van der Waals surface area contributed by atoms with Crippen LogP contribution in [-0.4, -0.2) is 93.5 Å². The van der Waals surface area contributed by atoms with Crippen molar-refractivity contribution in [1.82, 2.24) is 10.2 Å². The van der Waals surface area contributed by atoms with E-state index in [4.69, 9.17) is 9.47 Å². The van der Waals surface area contributed by atoms with E-state index in [1.165, 1.54) is 5.19 Å². The number of aliphatic hydroxyl groups is 1. The van der Waals surface area contributed by atoms with Crippen molar-refractivity contribution < 1.29 is 29.0 Å². The van der Waals surface area contributed by atoms with E-state index in [0.29, 0.717) is 19.8 Å². The molecule has 2 spiro atoms. The smallest absolute Gasteiger partial charge is 0.264 e. The molecule has 0 bridgehead atoms. The number of likely N-dealkylation sites (tertiary alicyclic amines) is 1. The molecule has 5 aliphatic rings. The van der Waals surface area contributed by atoms with E-state index in [0.717, 1.165) is 72.7 Å². The predicted octanol–water partition coefficient (Wildman–Crippen LogP) is 5.76. The molecule has 5 atom stereocenters. The molecule has 0 unspecified atom stereocenters. The molecule has 0 aliphatic carbocycles. The third-order valence-corrected chi connectivity index (χ3v) is 18.9. The number of amides is 3. The van der Waals surface area contributed by atoms with Crippen LogP contribution < -0.4 is 29.9 Å². The zero-order chi connectivity index (χ0) is 41.8. The first-order valence-corrected chi connectivity index (χ1v) is 24.7. The highest BCUT2D eigenvalue weighted by Gasteiger charge is 2.66. The molecular weight excluding hydrogens is 771 g/mol. The standard InChI is InChI=1S/C48H57N5O6Si/c1-33-44(60(3,4)39-22-20-38(58-2)21-23-39)42(29-43(55)50-28-10-13-37(50)31-54)59-48(33)40-14-8-9-15-41(40)51(46(48)57)30-34-16-18-35(19-17-34)52-32-53(36-11-6-5-7-12-36)47(45(52)56)24-26-49-27-25-47/h5-9,11-12,14-23,33,37,42,44,49,54H,10,13,24-32H2,1-4H3/t33-,37-,42+,44-,48+/m0/s1. The van der Waals surface area contributed by atoms with E-state index in [9.17, 15) is 14.7 Å². The number of para-hydroxylation sites is 2. The maximum Gasteiger partial charge on any atom is 0.264 e. The Bertz CT molecular complexity index is 2230. The van der Waals surface area contributed by atoms with Gasteiger partial charge < -0.3 is 34.6 Å². The maximum absolute atomic E-state index is 15.3. The minimum atomic E-state index is -2.46. The number of nitrogens with one attached hydrogen (secondary N) is 1. The Morgan fingerprint density at radius 1 is 0.900 bits per heavy atom. The van der Waals surface area contributed by atoms with Crippen molar-refractivity contribution in [1.29, 1.82) is 0 Å². The molecule has 4 saturated heterocycles. The number of nitrogens with zero attached hydrogens (tertiary/aromatic N) is 4. The molecule has 0 saturated carbocycles. The molecule has 0 radical (unpaired) electrons. The van der Waals surface area contributed by atoms with Gasteiger partial charge in [0.05, 0.1) is 59.3 Å². The van der Waals surface area contributed by atoms with Crippen LogP contribution in [0.2, 0.25) is 18.6 Å². The lowest BCUT2D eigenvalue weighted by molar-refractivity contribution is -0.150. The molecule has 9 rings (SSSR count). The van der Waals surface area contributed by atoms with Gasteiger partial charge in [-0.2, -0.15) is 0 Å². The van der Waals surface area contributed by atoms with Gasteiger partial charge in [0.2, 0.25) is 5.91 Å². The average Bonchev–Trinajstić information content (AvgIpc) is 4.01. The van der Waals surface area contributed by atoms with Crippen molar-refractivity contribution in [2.24, 2.45) is 5.92 Å². The fourth-order valence-corrected chi connectivity index (χ4v) is 15.4. The van der Waals surface area contributed by atoms with Crippen LogP contribution in [0, 0.1) is 5.92 Å². The summed E-state index contributed by atoms with van der Waals surface area (Å²) in [6.45, 7) is 9.72. The van der Waals surface area contributed by atoms with E-state index in [1.54, 1.807) is 7.11 Å². The Morgan fingerprint density at radius 3 is 2.30 bits per heavy atom. The topological polar surface area (TPSA) is 115 Å². The van der Waals surface area contributed by atoms with Crippen LogP contribution in [0.25, 0.3) is 0 Å². The summed E-state index contributed by atoms with van der Waals surface area (Å²) >= 11 is 0. The molecule has 0 aromatic heterocycles. The highest BCUT2D eigenvalue weighted by molar-refractivity contribution is 6.91. The Balaban J connectivity index is 1.02. The second-order valence-electron chi connectivity index (χ2n) is 17.9. The summed E-state index contributed by atoms with van der Waals surface area (Å²) < 4.78 is 12.7. The lowest BCUT2D eigenvalue weighted by Crippen LogP contribution is -2.55. The van der Waals surface area contributed by atoms with Crippen LogP contribution in [0.3, 0.4) is 0 Å². The van der Waals surface area contributed by atoms with E-state index < -0.39 is 25.3 Å². The Morgan fingerprint density at radius 2 is 1.60 bits per heavy atom. The Kier molecular flexibility index (Phi) is 10.6. The van der Waals surface area contributed by atoms with E-state index in [2.05, 4.69) is 54.5 Å². The predicted molar refractivity (Wildman–Crippen MR) is 236 cm³/mol. The molecule has 5 aliphatic heterocycles. The van der Waals surface area contributed by atoms with Crippen LogP contribution in [0.15, 0.2) is 103 Å². The third-order valence-electron chi connectivity index (χ3n) is 14.6. The molecule has 5 heterocycles. The number of hydrogen-bond acceptors (Lipinski definition) is 8. The fourth-order valence-electron chi connectivity index (χ4n) is 11.4. The summed E-state index contributed by atoms with van der Waals surface area (Å²) in [6, 6.07) is 34.3. The number of methoxy groups -OCH3 is 1. The van der Waals surface area contributed by atoms with Crippen molar-refractivity contribution in [3.8, 4) is 5.75 Å². The van der Waals surface area contributed by atoms with Gasteiger partial charge in [-0.3, -0.25) is 19.3 Å². The van der Waals surface area contributed by atoms with E-state index in [-0.39, 0.29) is 48.3 Å². The number of carbonyl (C=O) groups excluding carboxylic acids is 3. The van der Waals surface area contributed by atoms with Gasteiger partial charge in [-0.05, 0) is 92.3 Å². The van der Waals surface area contributed by atoms with Gasteiger partial charge in [0.15, 0.2) is 5.60 Å². The lowest BCUT2D eigenvalue weighted by atomic mass is 9.82. The molecular formula is C48H57N5O6Si. The first-order chi connectivity index (χ1) is 29.0. The molecule has 2 N–H and O–H groups in total. The average molecular weight is 828 g/mol. The number of anilines is 3. The fraction of sp³-hybridized carbons (Fsp3) is 0.438. The highest BCUT2D eigenvalue weighted by atomic mass is 28.3. The summed E-state index contributed by atoms with van der Waals surface area (Å²) in [5.74, 6) is 0.509. The van der Waals surface area contributed by atoms with Gasteiger partial charge in [-0.1, -0.05) is 85.9 Å². The number of fused-ring (bicyclic) bond motifs is 2. The summed E-state index contributed by atoms with van der Waals surface area (Å²) in [6.07, 6.45) is 2.76. The summed E-state index contributed by atoms with van der Waals surface area (Å²) in [4.78, 5) is 51.7. The van der Waals surface area contributed by atoms with Crippen LogP contribution in [0.1, 0.15) is 50.2 Å². The summed E-state index contributed by atoms with van der Waals surface area (Å²) in [5, 5.41) is 14.8. The molecule has 4 fully saturated rings. The first kappa shape index (κ1) is 40.4. The van der Waals surface area contributed by atoms with E-state index >= 15 is 4.79 Å². The molecule has 12 heteroatoms. The normalized spacial score (nSPS) is 26.1. The number of aliphatic hydroxyl groups excluding tert-OH is 1. The monoisotopic (exact) mass is 827 g/mol. The number of rotatable bonds is 10. The number of hydrogen-bond donors (Lipinski definition) is 2. The Labute approximate surface area is 354 Å². The minimum absolute atomic E-state index is 0.0320. The minimum Gasteiger partial charge on any atom is -0.497 e. The number of ether oxygens (including phenoxy) is 2. The van der Waals surface area contributed by atoms with Gasteiger partial charge in [-0.25, -0.2) is 0 Å². The number of piperidine rings is 1. The molecule has 60 heavy (non-hydrogen) atoms. The van der Waals surface area contributed by atoms with E-state index in [1.807, 2.05) is 93.6 Å². The van der Waals surface area contributed by atoms with Crippen molar-refractivity contribution in [2.45, 2.75) is 87.5 Å². The second-order valence-corrected chi connectivity index (χ2v) is 22.6. The SMILES string of the molecule is COc1ccc([Si](C)(C)[C@@H]2[C@@H](CC(=O)N3CCC[C@H]3CO)O[C@]3(C(=O)N(Cc4ccc(N5CN(c6ccccc6)C6(CCNCC6)C5=O)cc4)c4ccccc43)[C@H]2C)cc1. The third kappa shape index (κ3) is 6.45. The molecule has 314 valence electrons. The number of benzene rings is 4. The van der Waals surface area contributed by atoms with Crippen molar-refractivity contribution in [2.75, 3.05) is 54.7 Å². The van der Waals surface area contributed by atoms with Gasteiger partial charge in [0.1, 0.15) is 11.3 Å². The maximum atomic E-state index is 15.3. The van der Waals surface area contributed by atoms with Gasteiger partial charge in [0.25, 0.3) is 11.8 Å². The van der Waals surface area contributed by atoms with Crippen molar-refractivity contribution in [3.63, 3.8) is 0 Å². The first-order valence-electron chi connectivity index (χ1n) is 21.6. The molecule has 3 amide bonds. The van der Waals surface area contributed by atoms with Gasteiger partial charge >= 0.3 is 0 Å². The van der Waals surface area contributed by atoms with Crippen molar-refractivity contribution >= 4 is 48.0 Å². The lowest BCUT2D eigenvalue weighted by Gasteiger charge is -2.39. The van der Waals surface area contributed by atoms with Gasteiger partial charge in [-0.15, -0.1) is 0 Å². The summed E-state index contributed by atoms with van der Waals surface area (Å²) in [7, 11) is -0.796. The zero-order valence-corrected chi connectivity index (χ0v) is 36.2. The largest absolute Gasteiger partial charge is 0.497 e. The number of carbonyl (C=O) groups is 3. The van der Waals surface area contributed by atoms with Gasteiger partial charge in [0, 0.05) is 29.4 Å². The quantitative estimate of drug-likeness (QED) is 0.194. The van der Waals surface area contributed by atoms with Crippen LogP contribution >= 0.6 is 0 Å².